The molecule has 2 aromatic rings. The monoisotopic (exact) mass is 361 g/mol. The van der Waals surface area contributed by atoms with Gasteiger partial charge in [-0.1, -0.05) is 11.6 Å². The normalized spacial score (nSPS) is 17.1. The van der Waals surface area contributed by atoms with Crippen molar-refractivity contribution >= 4 is 23.4 Å². The topological polar surface area (TPSA) is 80.1 Å². The first-order valence-corrected chi connectivity index (χ1v) is 8.62. The Labute approximate surface area is 151 Å². The molecule has 2 amide bonds. The Morgan fingerprint density at radius 3 is 2.88 bits per heavy atom. The van der Waals surface area contributed by atoms with Crippen LogP contribution in [0.4, 0.5) is 0 Å². The van der Waals surface area contributed by atoms with Crippen LogP contribution in [-0.2, 0) is 22.7 Å². The second-order valence-electron chi connectivity index (χ2n) is 6.10. The lowest BCUT2D eigenvalue weighted by atomic mass is 10.1. The number of amides is 2. The van der Waals surface area contributed by atoms with E-state index in [2.05, 4.69) is 15.4 Å². The maximum atomic E-state index is 12.3. The van der Waals surface area contributed by atoms with Crippen LogP contribution in [0.5, 0.6) is 0 Å². The first-order valence-electron chi connectivity index (χ1n) is 8.24. The van der Waals surface area contributed by atoms with Gasteiger partial charge in [-0.25, -0.2) is 0 Å². The summed E-state index contributed by atoms with van der Waals surface area (Å²) in [7, 11) is 0. The molecule has 1 fully saturated rings. The van der Waals surface area contributed by atoms with E-state index >= 15 is 0 Å². The summed E-state index contributed by atoms with van der Waals surface area (Å²) in [5, 5.41) is 7.59. The van der Waals surface area contributed by atoms with Gasteiger partial charge >= 0.3 is 0 Å². The fraction of sp³-hybridized carbons (Fsp3) is 0.412. The maximum absolute atomic E-state index is 12.3. The van der Waals surface area contributed by atoms with Crippen LogP contribution in [0.2, 0.25) is 5.02 Å². The van der Waals surface area contributed by atoms with Crippen LogP contribution >= 0.6 is 11.6 Å². The zero-order valence-electron chi connectivity index (χ0n) is 13.8. The second-order valence-corrected chi connectivity index (χ2v) is 6.53. The number of rotatable bonds is 7. The van der Waals surface area contributed by atoms with Crippen LogP contribution < -0.4 is 5.32 Å². The minimum absolute atomic E-state index is 0.0168. The van der Waals surface area contributed by atoms with E-state index in [-0.39, 0.29) is 24.2 Å². The number of nitrogens with zero attached hydrogens (tertiary/aromatic N) is 4. The predicted octanol–water partition coefficient (Wildman–Crippen LogP) is 1.49. The molecule has 0 spiro atoms. The van der Waals surface area contributed by atoms with Gasteiger partial charge in [-0.2, -0.15) is 5.10 Å². The van der Waals surface area contributed by atoms with E-state index in [0.717, 1.165) is 12.0 Å². The van der Waals surface area contributed by atoms with Crippen LogP contribution in [0.3, 0.4) is 0 Å². The summed E-state index contributed by atoms with van der Waals surface area (Å²) in [6.45, 7) is 2.21. The largest absolute Gasteiger partial charge is 0.356 e. The zero-order chi connectivity index (χ0) is 17.6. The highest BCUT2D eigenvalue weighted by atomic mass is 35.5. The third kappa shape index (κ3) is 4.79. The second kappa shape index (κ2) is 8.11. The van der Waals surface area contributed by atoms with Gasteiger partial charge in [0.25, 0.3) is 0 Å². The highest BCUT2D eigenvalue weighted by Crippen LogP contribution is 2.20. The molecule has 1 aliphatic rings. The molecule has 0 saturated carbocycles. The number of carbonyl (C=O) groups excluding carboxylic acids is 2. The Morgan fingerprint density at radius 1 is 1.36 bits per heavy atom. The fourth-order valence-electron chi connectivity index (χ4n) is 2.87. The first-order chi connectivity index (χ1) is 12.1. The van der Waals surface area contributed by atoms with Gasteiger partial charge in [0.05, 0.1) is 17.1 Å². The quantitative estimate of drug-likeness (QED) is 0.758. The van der Waals surface area contributed by atoms with Crippen molar-refractivity contribution in [3.05, 3.63) is 47.5 Å². The lowest BCUT2D eigenvalue weighted by molar-refractivity contribution is -0.129. The number of aromatic nitrogens is 3. The molecule has 0 radical (unpaired) electrons. The molecule has 8 heteroatoms. The molecule has 1 atom stereocenters. The Bertz CT molecular complexity index is 734. The van der Waals surface area contributed by atoms with E-state index in [1.165, 1.54) is 0 Å². The number of hydrogen-bond acceptors (Lipinski definition) is 4. The maximum Gasteiger partial charge on any atom is 0.225 e. The van der Waals surface area contributed by atoms with E-state index < -0.39 is 0 Å². The average molecular weight is 362 g/mol. The Balaban J connectivity index is 1.41. The SMILES string of the molecule is O=C(NCCCn1cc(Cl)cn1)[C@H]1CC(=O)N(Cc2ccncc2)C1. The minimum atomic E-state index is -0.284. The molecule has 0 unspecified atom stereocenters. The van der Waals surface area contributed by atoms with Gasteiger partial charge in [-0.15, -0.1) is 0 Å². The molecule has 1 saturated heterocycles. The number of likely N-dealkylation sites (tertiary alicyclic amines) is 1. The number of carbonyl (C=O) groups is 2. The highest BCUT2D eigenvalue weighted by molar-refractivity contribution is 6.30. The predicted molar refractivity (Wildman–Crippen MR) is 92.6 cm³/mol. The van der Waals surface area contributed by atoms with Crippen LogP contribution in [0.1, 0.15) is 18.4 Å². The third-order valence-corrected chi connectivity index (χ3v) is 4.37. The Hall–Kier alpha value is -2.41. The van der Waals surface area contributed by atoms with Crippen LogP contribution in [-0.4, -0.2) is 44.6 Å². The molecule has 2 aromatic heterocycles. The van der Waals surface area contributed by atoms with Crippen LogP contribution in [0.25, 0.3) is 0 Å². The van der Waals surface area contributed by atoms with Crippen LogP contribution in [0, 0.1) is 5.92 Å². The summed E-state index contributed by atoms with van der Waals surface area (Å²) in [6, 6.07) is 3.75. The van der Waals surface area contributed by atoms with Crippen molar-refractivity contribution < 1.29 is 9.59 Å². The molecule has 132 valence electrons. The van der Waals surface area contributed by atoms with E-state index in [4.69, 9.17) is 11.6 Å². The summed E-state index contributed by atoms with van der Waals surface area (Å²) in [5.41, 5.74) is 1.02. The fourth-order valence-corrected chi connectivity index (χ4v) is 3.02. The summed E-state index contributed by atoms with van der Waals surface area (Å²) < 4.78 is 1.74. The van der Waals surface area contributed by atoms with Gasteiger partial charge in [0.15, 0.2) is 0 Å². The van der Waals surface area contributed by atoms with E-state index in [0.29, 0.717) is 31.2 Å². The number of pyridine rings is 1. The number of hydrogen-bond donors (Lipinski definition) is 1. The lowest BCUT2D eigenvalue weighted by Gasteiger charge is -2.16. The molecule has 0 aromatic carbocycles. The number of aryl methyl sites for hydroxylation is 1. The van der Waals surface area contributed by atoms with Crippen molar-refractivity contribution in [1.82, 2.24) is 25.0 Å². The first kappa shape index (κ1) is 17.4. The molecule has 7 nitrogen and oxygen atoms in total. The Kier molecular flexibility index (Phi) is 5.65. The van der Waals surface area contributed by atoms with Crippen LogP contribution in [0.15, 0.2) is 36.9 Å². The smallest absolute Gasteiger partial charge is 0.225 e. The zero-order valence-corrected chi connectivity index (χ0v) is 14.5. The third-order valence-electron chi connectivity index (χ3n) is 4.17. The molecule has 0 aliphatic carbocycles. The summed E-state index contributed by atoms with van der Waals surface area (Å²) in [6.07, 6.45) is 7.76. The standard InChI is InChI=1S/C17H20ClN5O2/c18-15-9-21-23(12-15)7-1-4-20-17(25)14-8-16(24)22(11-14)10-13-2-5-19-6-3-13/h2-3,5-6,9,12,14H,1,4,7-8,10-11H2,(H,20,25)/t14-/m0/s1. The van der Waals surface area contributed by atoms with Gasteiger partial charge in [-0.05, 0) is 24.1 Å². The summed E-state index contributed by atoms with van der Waals surface area (Å²) >= 11 is 5.80. The molecule has 3 heterocycles. The molecule has 1 N–H and O–H groups in total. The van der Waals surface area contributed by atoms with Crippen molar-refractivity contribution in [2.24, 2.45) is 5.92 Å². The van der Waals surface area contributed by atoms with Gasteiger partial charge in [0.1, 0.15) is 0 Å². The molecular formula is C17H20ClN5O2. The highest BCUT2D eigenvalue weighted by Gasteiger charge is 2.33. The lowest BCUT2D eigenvalue weighted by Crippen LogP contribution is -2.33. The van der Waals surface area contributed by atoms with Gasteiger partial charge in [0.2, 0.25) is 11.8 Å². The van der Waals surface area contributed by atoms with E-state index in [1.54, 1.807) is 34.4 Å². The minimum Gasteiger partial charge on any atom is -0.356 e. The van der Waals surface area contributed by atoms with E-state index in [1.807, 2.05) is 12.1 Å². The van der Waals surface area contributed by atoms with Crippen molar-refractivity contribution in [1.29, 1.82) is 0 Å². The number of nitrogens with one attached hydrogen (secondary N) is 1. The summed E-state index contributed by atoms with van der Waals surface area (Å²) in [4.78, 5) is 30.1. The Morgan fingerprint density at radius 2 is 2.16 bits per heavy atom. The average Bonchev–Trinajstić information content (AvgIpc) is 3.18. The van der Waals surface area contributed by atoms with Gasteiger partial charge in [0, 0.05) is 51.2 Å². The molecule has 1 aliphatic heterocycles. The van der Waals surface area contributed by atoms with Crippen molar-refractivity contribution in [2.45, 2.75) is 25.9 Å². The van der Waals surface area contributed by atoms with Crippen molar-refractivity contribution in [3.63, 3.8) is 0 Å². The van der Waals surface area contributed by atoms with Gasteiger partial charge < -0.3 is 10.2 Å². The van der Waals surface area contributed by atoms with Crippen molar-refractivity contribution in [3.8, 4) is 0 Å². The molecule has 0 bridgehead atoms. The molecule has 25 heavy (non-hydrogen) atoms. The van der Waals surface area contributed by atoms with Gasteiger partial charge in [-0.3, -0.25) is 19.3 Å². The van der Waals surface area contributed by atoms with Crippen molar-refractivity contribution in [2.75, 3.05) is 13.1 Å². The molecular weight excluding hydrogens is 342 g/mol. The summed E-state index contributed by atoms with van der Waals surface area (Å²) in [5.74, 6) is -0.333. The molecule has 3 rings (SSSR count). The number of halogens is 1. The van der Waals surface area contributed by atoms with E-state index in [9.17, 15) is 9.59 Å².